The molecule has 2 aromatic carbocycles. The van der Waals surface area contributed by atoms with Gasteiger partial charge in [-0.05, 0) is 43.2 Å². The standard InChI is InChI=1S/C24H22N4O2/c29-22-13-12-18(16-28(22)19-8-2-1-3-9-19)24(30)27-14-6-7-17(15-27)23-25-20-10-4-5-11-21(20)26-23/h1-5,8-13,16-17H,6-7,14-15H2,(H,25,26). The van der Waals surface area contributed by atoms with Gasteiger partial charge in [0.25, 0.3) is 11.5 Å². The summed E-state index contributed by atoms with van der Waals surface area (Å²) >= 11 is 0. The third-order valence-electron chi connectivity index (χ3n) is 5.70. The summed E-state index contributed by atoms with van der Waals surface area (Å²) < 4.78 is 1.52. The van der Waals surface area contributed by atoms with E-state index in [9.17, 15) is 9.59 Å². The van der Waals surface area contributed by atoms with Crippen LogP contribution >= 0.6 is 0 Å². The lowest BCUT2D eigenvalue weighted by atomic mass is 9.97. The summed E-state index contributed by atoms with van der Waals surface area (Å²) in [6, 6.07) is 20.4. The van der Waals surface area contributed by atoms with Crippen molar-refractivity contribution in [2.45, 2.75) is 18.8 Å². The van der Waals surface area contributed by atoms with Crippen LogP contribution in [-0.4, -0.2) is 38.4 Å². The Balaban J connectivity index is 1.40. The highest BCUT2D eigenvalue weighted by molar-refractivity contribution is 5.94. The fraction of sp³-hybridized carbons (Fsp3) is 0.208. The molecule has 6 heteroatoms. The summed E-state index contributed by atoms with van der Waals surface area (Å²) in [7, 11) is 0. The Bertz CT molecular complexity index is 1230. The van der Waals surface area contributed by atoms with Crippen molar-refractivity contribution >= 4 is 16.9 Å². The van der Waals surface area contributed by atoms with Gasteiger partial charge in [0, 0.05) is 37.0 Å². The first-order chi connectivity index (χ1) is 14.7. The molecular formula is C24H22N4O2. The molecular weight excluding hydrogens is 376 g/mol. The largest absolute Gasteiger partial charge is 0.342 e. The number of carbonyl (C=O) groups excluding carboxylic acids is 1. The lowest BCUT2D eigenvalue weighted by Crippen LogP contribution is -2.39. The quantitative estimate of drug-likeness (QED) is 0.572. The highest BCUT2D eigenvalue weighted by Crippen LogP contribution is 2.27. The van der Waals surface area contributed by atoms with E-state index in [-0.39, 0.29) is 17.4 Å². The van der Waals surface area contributed by atoms with E-state index in [1.807, 2.05) is 59.5 Å². The Morgan fingerprint density at radius 2 is 1.80 bits per heavy atom. The van der Waals surface area contributed by atoms with Crippen molar-refractivity contribution in [2.24, 2.45) is 0 Å². The van der Waals surface area contributed by atoms with E-state index in [2.05, 4.69) is 4.98 Å². The molecule has 150 valence electrons. The lowest BCUT2D eigenvalue weighted by molar-refractivity contribution is 0.0704. The molecule has 0 spiro atoms. The first-order valence-corrected chi connectivity index (χ1v) is 10.2. The third-order valence-corrected chi connectivity index (χ3v) is 5.70. The topological polar surface area (TPSA) is 71.0 Å². The summed E-state index contributed by atoms with van der Waals surface area (Å²) in [6.07, 6.45) is 3.56. The second kappa shape index (κ2) is 7.63. The number of piperidine rings is 1. The normalized spacial score (nSPS) is 16.7. The number of nitrogens with zero attached hydrogens (tertiary/aromatic N) is 3. The number of aromatic nitrogens is 3. The van der Waals surface area contributed by atoms with Gasteiger partial charge in [-0.3, -0.25) is 14.2 Å². The van der Waals surface area contributed by atoms with Crippen LogP contribution in [-0.2, 0) is 0 Å². The van der Waals surface area contributed by atoms with Crippen LogP contribution in [0.15, 0.2) is 77.7 Å². The Kier molecular flexibility index (Phi) is 4.67. The maximum atomic E-state index is 13.2. The van der Waals surface area contributed by atoms with E-state index in [4.69, 9.17) is 4.98 Å². The summed E-state index contributed by atoms with van der Waals surface area (Å²) in [5.41, 5.74) is 3.08. The van der Waals surface area contributed by atoms with Gasteiger partial charge in [-0.1, -0.05) is 30.3 Å². The minimum atomic E-state index is -0.156. The van der Waals surface area contributed by atoms with E-state index in [0.29, 0.717) is 18.7 Å². The van der Waals surface area contributed by atoms with Crippen LogP contribution in [0.5, 0.6) is 0 Å². The number of rotatable bonds is 3. The van der Waals surface area contributed by atoms with Crippen LogP contribution in [0.4, 0.5) is 0 Å². The van der Waals surface area contributed by atoms with Gasteiger partial charge in [-0.15, -0.1) is 0 Å². The number of para-hydroxylation sites is 3. The zero-order chi connectivity index (χ0) is 20.5. The predicted molar refractivity (Wildman–Crippen MR) is 116 cm³/mol. The number of benzene rings is 2. The van der Waals surface area contributed by atoms with Gasteiger partial charge in [0.05, 0.1) is 16.6 Å². The summed E-state index contributed by atoms with van der Waals surface area (Å²) in [4.78, 5) is 35.6. The van der Waals surface area contributed by atoms with Crippen LogP contribution in [0.25, 0.3) is 16.7 Å². The molecule has 4 aromatic rings. The number of amides is 1. The fourth-order valence-electron chi connectivity index (χ4n) is 4.14. The lowest BCUT2D eigenvalue weighted by Gasteiger charge is -2.32. The molecule has 3 heterocycles. The maximum absolute atomic E-state index is 13.2. The maximum Gasteiger partial charge on any atom is 0.255 e. The summed E-state index contributed by atoms with van der Waals surface area (Å²) in [6.45, 7) is 1.32. The molecule has 0 radical (unpaired) electrons. The van der Waals surface area contributed by atoms with Gasteiger partial charge in [-0.25, -0.2) is 4.98 Å². The molecule has 1 aliphatic heterocycles. The van der Waals surface area contributed by atoms with Crippen LogP contribution in [0, 0.1) is 0 Å². The SMILES string of the molecule is O=C(c1ccc(=O)n(-c2ccccc2)c1)N1CCCC(c2nc3ccccc3[nH]2)C1. The number of H-pyrrole nitrogens is 1. The van der Waals surface area contributed by atoms with Gasteiger partial charge in [-0.2, -0.15) is 0 Å². The van der Waals surface area contributed by atoms with Crippen molar-refractivity contribution in [1.82, 2.24) is 19.4 Å². The van der Waals surface area contributed by atoms with E-state index in [0.717, 1.165) is 35.4 Å². The Morgan fingerprint density at radius 3 is 2.63 bits per heavy atom. The van der Waals surface area contributed by atoms with E-state index in [1.54, 1.807) is 12.3 Å². The predicted octanol–water partition coefficient (Wildman–Crippen LogP) is 3.73. The molecule has 1 unspecified atom stereocenters. The molecule has 0 bridgehead atoms. The van der Waals surface area contributed by atoms with Crippen LogP contribution in [0.3, 0.4) is 0 Å². The monoisotopic (exact) mass is 398 g/mol. The van der Waals surface area contributed by atoms with Crippen molar-refractivity contribution in [1.29, 1.82) is 0 Å². The number of aromatic amines is 1. The molecule has 0 saturated carbocycles. The summed E-state index contributed by atoms with van der Waals surface area (Å²) in [5.74, 6) is 1.05. The zero-order valence-electron chi connectivity index (χ0n) is 16.5. The number of nitrogens with one attached hydrogen (secondary N) is 1. The molecule has 1 fully saturated rings. The van der Waals surface area contributed by atoms with Gasteiger partial charge < -0.3 is 9.88 Å². The van der Waals surface area contributed by atoms with Crippen molar-refractivity contribution in [2.75, 3.05) is 13.1 Å². The molecule has 1 atom stereocenters. The van der Waals surface area contributed by atoms with Crippen molar-refractivity contribution in [3.63, 3.8) is 0 Å². The van der Waals surface area contributed by atoms with Gasteiger partial charge in [0.2, 0.25) is 0 Å². The van der Waals surface area contributed by atoms with Crippen molar-refractivity contribution < 1.29 is 4.79 Å². The van der Waals surface area contributed by atoms with E-state index in [1.165, 1.54) is 10.6 Å². The third kappa shape index (κ3) is 3.41. The number of fused-ring (bicyclic) bond motifs is 1. The van der Waals surface area contributed by atoms with Crippen molar-refractivity contribution in [3.8, 4) is 5.69 Å². The Morgan fingerprint density at radius 1 is 1.00 bits per heavy atom. The molecule has 0 aliphatic carbocycles. The number of imidazole rings is 1. The van der Waals surface area contributed by atoms with Gasteiger partial charge in [0.1, 0.15) is 5.82 Å². The highest BCUT2D eigenvalue weighted by atomic mass is 16.2. The molecule has 1 aliphatic rings. The number of hydrogen-bond acceptors (Lipinski definition) is 3. The van der Waals surface area contributed by atoms with Crippen molar-refractivity contribution in [3.05, 3.63) is 94.7 Å². The first kappa shape index (κ1) is 18.4. The average molecular weight is 398 g/mol. The van der Waals surface area contributed by atoms with Crippen LogP contribution in [0.2, 0.25) is 0 Å². The molecule has 6 nitrogen and oxygen atoms in total. The fourth-order valence-corrected chi connectivity index (χ4v) is 4.14. The molecule has 1 N–H and O–H groups in total. The molecule has 1 saturated heterocycles. The van der Waals surface area contributed by atoms with E-state index < -0.39 is 0 Å². The smallest absolute Gasteiger partial charge is 0.255 e. The Labute approximate surface area is 173 Å². The number of carbonyl (C=O) groups is 1. The van der Waals surface area contributed by atoms with Gasteiger partial charge in [0.15, 0.2) is 0 Å². The highest BCUT2D eigenvalue weighted by Gasteiger charge is 2.27. The molecule has 30 heavy (non-hydrogen) atoms. The molecule has 2 aromatic heterocycles. The number of pyridine rings is 1. The number of hydrogen-bond donors (Lipinski definition) is 1. The van der Waals surface area contributed by atoms with Gasteiger partial charge >= 0.3 is 0 Å². The van der Waals surface area contributed by atoms with Crippen LogP contribution < -0.4 is 5.56 Å². The first-order valence-electron chi connectivity index (χ1n) is 10.2. The number of likely N-dealkylation sites (tertiary alicyclic amines) is 1. The Hall–Kier alpha value is -3.67. The second-order valence-corrected chi connectivity index (χ2v) is 7.69. The average Bonchev–Trinajstić information content (AvgIpc) is 3.24. The second-order valence-electron chi connectivity index (χ2n) is 7.69. The molecule has 5 rings (SSSR count). The minimum Gasteiger partial charge on any atom is -0.342 e. The summed E-state index contributed by atoms with van der Waals surface area (Å²) in [5, 5.41) is 0. The zero-order valence-corrected chi connectivity index (χ0v) is 16.5. The van der Waals surface area contributed by atoms with E-state index >= 15 is 0 Å². The minimum absolute atomic E-state index is 0.0551. The van der Waals surface area contributed by atoms with Crippen LogP contribution in [0.1, 0.15) is 34.9 Å². The molecule has 1 amide bonds.